The molecule has 1 saturated heterocycles. The van der Waals surface area contributed by atoms with Crippen molar-refractivity contribution in [1.82, 2.24) is 14.8 Å². The first-order valence-electron chi connectivity index (χ1n) is 8.65. The summed E-state index contributed by atoms with van der Waals surface area (Å²) in [6.45, 7) is 6.46. The zero-order chi connectivity index (χ0) is 17.4. The molecule has 1 atom stereocenters. The summed E-state index contributed by atoms with van der Waals surface area (Å²) in [6.07, 6.45) is 4.91. The molecule has 3 heterocycles. The number of aromatic nitrogens is 3. The topological polar surface area (TPSA) is 34.0 Å². The van der Waals surface area contributed by atoms with E-state index >= 15 is 0 Å². The average molecular weight is 353 g/mol. The number of hydrogen-bond acceptors (Lipinski definition) is 3. The van der Waals surface area contributed by atoms with Crippen LogP contribution in [-0.2, 0) is 0 Å². The van der Waals surface area contributed by atoms with E-state index in [9.17, 15) is 0 Å². The fourth-order valence-corrected chi connectivity index (χ4v) is 3.79. The van der Waals surface area contributed by atoms with Crippen molar-refractivity contribution < 1.29 is 0 Å². The van der Waals surface area contributed by atoms with Crippen LogP contribution in [0.5, 0.6) is 0 Å². The van der Waals surface area contributed by atoms with E-state index in [1.165, 1.54) is 12.1 Å². The molecule has 2 aromatic heterocycles. The second-order valence-electron chi connectivity index (χ2n) is 6.73. The SMILES string of the molecule is Cc1nc(-n2cccn2)cc(N2CCC(C)C2)c1-c1ccccc1Cl. The molecular weight excluding hydrogens is 332 g/mol. The Morgan fingerprint density at radius 1 is 1.20 bits per heavy atom. The molecule has 1 aliphatic heterocycles. The summed E-state index contributed by atoms with van der Waals surface area (Å²) in [4.78, 5) is 7.25. The average Bonchev–Trinajstić information content (AvgIpc) is 3.27. The van der Waals surface area contributed by atoms with Crippen molar-refractivity contribution in [3.05, 3.63) is 59.5 Å². The van der Waals surface area contributed by atoms with E-state index in [2.05, 4.69) is 36.0 Å². The maximum absolute atomic E-state index is 6.51. The molecule has 4 nitrogen and oxygen atoms in total. The van der Waals surface area contributed by atoms with Crippen LogP contribution < -0.4 is 4.90 Å². The van der Waals surface area contributed by atoms with Gasteiger partial charge in [-0.3, -0.25) is 0 Å². The minimum Gasteiger partial charge on any atom is -0.371 e. The van der Waals surface area contributed by atoms with Gasteiger partial charge in [0, 0.05) is 53.4 Å². The van der Waals surface area contributed by atoms with Gasteiger partial charge in [0.25, 0.3) is 0 Å². The molecule has 4 rings (SSSR count). The van der Waals surface area contributed by atoms with Gasteiger partial charge in [0.05, 0.1) is 5.69 Å². The van der Waals surface area contributed by atoms with E-state index < -0.39 is 0 Å². The fraction of sp³-hybridized carbons (Fsp3) is 0.300. The first-order valence-corrected chi connectivity index (χ1v) is 9.03. The summed E-state index contributed by atoms with van der Waals surface area (Å²) in [5.74, 6) is 1.54. The Balaban J connectivity index is 1.92. The molecule has 5 heteroatoms. The third-order valence-electron chi connectivity index (χ3n) is 4.81. The summed E-state index contributed by atoms with van der Waals surface area (Å²) >= 11 is 6.51. The number of rotatable bonds is 3. The van der Waals surface area contributed by atoms with Crippen LogP contribution >= 0.6 is 11.6 Å². The Kier molecular flexibility index (Phi) is 4.22. The van der Waals surface area contributed by atoms with Gasteiger partial charge in [-0.05, 0) is 31.4 Å². The molecule has 1 fully saturated rings. The van der Waals surface area contributed by atoms with E-state index in [1.54, 1.807) is 6.20 Å². The van der Waals surface area contributed by atoms with Crippen molar-refractivity contribution in [3.63, 3.8) is 0 Å². The van der Waals surface area contributed by atoms with E-state index in [0.29, 0.717) is 5.92 Å². The second-order valence-corrected chi connectivity index (χ2v) is 7.14. The van der Waals surface area contributed by atoms with Crippen LogP contribution in [0, 0.1) is 12.8 Å². The molecule has 0 aliphatic carbocycles. The smallest absolute Gasteiger partial charge is 0.155 e. The van der Waals surface area contributed by atoms with E-state index in [1.807, 2.05) is 35.1 Å². The highest BCUT2D eigenvalue weighted by atomic mass is 35.5. The molecule has 3 aromatic rings. The number of benzene rings is 1. The molecule has 25 heavy (non-hydrogen) atoms. The van der Waals surface area contributed by atoms with Crippen LogP contribution in [0.4, 0.5) is 5.69 Å². The highest BCUT2D eigenvalue weighted by Crippen LogP contribution is 2.39. The van der Waals surface area contributed by atoms with Crippen molar-refractivity contribution in [2.75, 3.05) is 18.0 Å². The van der Waals surface area contributed by atoms with Crippen molar-refractivity contribution in [2.24, 2.45) is 5.92 Å². The van der Waals surface area contributed by atoms with Crippen LogP contribution in [0.1, 0.15) is 19.0 Å². The van der Waals surface area contributed by atoms with Gasteiger partial charge in [0.2, 0.25) is 0 Å². The lowest BCUT2D eigenvalue weighted by atomic mass is 10.0. The van der Waals surface area contributed by atoms with Crippen molar-refractivity contribution in [3.8, 4) is 16.9 Å². The maximum Gasteiger partial charge on any atom is 0.155 e. The molecule has 0 N–H and O–H groups in total. The van der Waals surface area contributed by atoms with Crippen LogP contribution in [0.3, 0.4) is 0 Å². The number of pyridine rings is 1. The van der Waals surface area contributed by atoms with Crippen LogP contribution in [0.2, 0.25) is 5.02 Å². The van der Waals surface area contributed by atoms with Crippen LogP contribution in [0.25, 0.3) is 16.9 Å². The lowest BCUT2D eigenvalue weighted by Gasteiger charge is -2.24. The molecule has 1 aliphatic rings. The van der Waals surface area contributed by atoms with Gasteiger partial charge in [-0.25, -0.2) is 9.67 Å². The van der Waals surface area contributed by atoms with Crippen molar-refractivity contribution in [1.29, 1.82) is 0 Å². The third-order valence-corrected chi connectivity index (χ3v) is 5.14. The lowest BCUT2D eigenvalue weighted by Crippen LogP contribution is -2.21. The van der Waals surface area contributed by atoms with Gasteiger partial charge < -0.3 is 4.90 Å². The van der Waals surface area contributed by atoms with Crippen molar-refractivity contribution in [2.45, 2.75) is 20.3 Å². The van der Waals surface area contributed by atoms with E-state index in [-0.39, 0.29) is 0 Å². The van der Waals surface area contributed by atoms with Gasteiger partial charge in [0.15, 0.2) is 5.82 Å². The Morgan fingerprint density at radius 3 is 2.72 bits per heavy atom. The number of aryl methyl sites for hydroxylation is 1. The van der Waals surface area contributed by atoms with Crippen LogP contribution in [0.15, 0.2) is 48.8 Å². The molecule has 0 amide bonds. The minimum absolute atomic E-state index is 0.695. The number of hydrogen-bond donors (Lipinski definition) is 0. The number of anilines is 1. The molecule has 0 saturated carbocycles. The summed E-state index contributed by atoms with van der Waals surface area (Å²) in [7, 11) is 0. The monoisotopic (exact) mass is 352 g/mol. The summed E-state index contributed by atoms with van der Waals surface area (Å²) in [6, 6.07) is 12.0. The highest BCUT2D eigenvalue weighted by Gasteiger charge is 2.24. The first kappa shape index (κ1) is 16.2. The van der Waals surface area contributed by atoms with Gasteiger partial charge in [0.1, 0.15) is 0 Å². The quantitative estimate of drug-likeness (QED) is 0.682. The second kappa shape index (κ2) is 6.52. The zero-order valence-electron chi connectivity index (χ0n) is 14.5. The molecule has 0 radical (unpaired) electrons. The molecule has 1 aromatic carbocycles. The van der Waals surface area contributed by atoms with Gasteiger partial charge in [-0.15, -0.1) is 0 Å². The molecule has 0 spiro atoms. The Hall–Kier alpha value is -2.33. The maximum atomic E-state index is 6.51. The van der Waals surface area contributed by atoms with E-state index in [0.717, 1.165) is 40.8 Å². The number of halogens is 1. The summed E-state index contributed by atoms with van der Waals surface area (Å²) in [5.41, 5.74) is 4.32. The van der Waals surface area contributed by atoms with Gasteiger partial charge in [-0.1, -0.05) is 36.7 Å². The summed E-state index contributed by atoms with van der Waals surface area (Å²) in [5, 5.41) is 5.10. The number of nitrogens with zero attached hydrogens (tertiary/aromatic N) is 4. The third kappa shape index (κ3) is 3.02. The molecule has 1 unspecified atom stereocenters. The predicted octanol–water partition coefficient (Wildman–Crippen LogP) is 4.74. The predicted molar refractivity (Wildman–Crippen MR) is 103 cm³/mol. The normalized spacial score (nSPS) is 17.2. The molecule has 128 valence electrons. The minimum atomic E-state index is 0.695. The van der Waals surface area contributed by atoms with Gasteiger partial charge in [-0.2, -0.15) is 5.10 Å². The fourth-order valence-electron chi connectivity index (χ4n) is 3.56. The van der Waals surface area contributed by atoms with Crippen LogP contribution in [-0.4, -0.2) is 27.9 Å². The highest BCUT2D eigenvalue weighted by molar-refractivity contribution is 6.33. The summed E-state index contributed by atoms with van der Waals surface area (Å²) < 4.78 is 1.81. The Bertz CT molecular complexity index is 889. The largest absolute Gasteiger partial charge is 0.371 e. The first-order chi connectivity index (χ1) is 12.1. The van der Waals surface area contributed by atoms with E-state index in [4.69, 9.17) is 16.6 Å². The Morgan fingerprint density at radius 2 is 2.04 bits per heavy atom. The Labute approximate surface area is 153 Å². The standard InChI is InChI=1S/C20H21ClN4/c1-14-8-11-24(13-14)18-12-19(25-10-5-9-22-25)23-15(2)20(18)16-6-3-4-7-17(16)21/h3-7,9-10,12,14H,8,11,13H2,1-2H3. The zero-order valence-corrected chi connectivity index (χ0v) is 15.2. The lowest BCUT2D eigenvalue weighted by molar-refractivity contribution is 0.659. The molecule has 0 bridgehead atoms. The van der Waals surface area contributed by atoms with Crippen molar-refractivity contribution >= 4 is 17.3 Å². The molecular formula is C20H21ClN4. The van der Waals surface area contributed by atoms with Gasteiger partial charge >= 0.3 is 0 Å².